The number of hydrogen-bond acceptors (Lipinski definition) is 5. The van der Waals surface area contributed by atoms with Crippen molar-refractivity contribution in [1.82, 2.24) is 20.0 Å². The number of para-hydroxylation sites is 1. The van der Waals surface area contributed by atoms with Gasteiger partial charge in [0.05, 0.1) is 0 Å². The fourth-order valence-corrected chi connectivity index (χ4v) is 4.72. The molecule has 0 aliphatic carbocycles. The lowest BCUT2D eigenvalue weighted by molar-refractivity contribution is 0.0972. The molecule has 27 heavy (non-hydrogen) atoms. The van der Waals surface area contributed by atoms with E-state index in [1.165, 1.54) is 83.6 Å². The van der Waals surface area contributed by atoms with Gasteiger partial charge in [-0.3, -0.25) is 14.7 Å². The fraction of sp³-hybridized carbons (Fsp3) is 0.727. The van der Waals surface area contributed by atoms with Gasteiger partial charge in [-0.2, -0.15) is 0 Å². The highest BCUT2D eigenvalue weighted by Gasteiger charge is 2.26. The minimum absolute atomic E-state index is 0.762. The number of piperidine rings is 1. The van der Waals surface area contributed by atoms with Gasteiger partial charge in [0.15, 0.2) is 0 Å². The molecule has 3 heterocycles. The molecular formula is C22H36N4O. The zero-order valence-corrected chi connectivity index (χ0v) is 16.7. The van der Waals surface area contributed by atoms with Gasteiger partial charge in [0.1, 0.15) is 12.4 Å². The van der Waals surface area contributed by atoms with E-state index in [1.807, 2.05) is 0 Å². The molecule has 5 nitrogen and oxygen atoms in total. The van der Waals surface area contributed by atoms with Gasteiger partial charge in [0.25, 0.3) is 0 Å². The van der Waals surface area contributed by atoms with Crippen LogP contribution < -0.4 is 10.1 Å². The van der Waals surface area contributed by atoms with Crippen LogP contribution in [0.3, 0.4) is 0 Å². The van der Waals surface area contributed by atoms with Gasteiger partial charge in [-0.05, 0) is 45.0 Å². The molecule has 3 aliphatic rings. The molecule has 1 atom stereocenters. The van der Waals surface area contributed by atoms with Gasteiger partial charge >= 0.3 is 0 Å². The molecule has 0 aromatic heterocycles. The lowest BCUT2D eigenvalue weighted by atomic mass is 10.1. The first-order valence-electron chi connectivity index (χ1n) is 11.0. The minimum Gasteiger partial charge on any atom is -0.492 e. The highest BCUT2D eigenvalue weighted by atomic mass is 16.5. The first kappa shape index (κ1) is 19.2. The van der Waals surface area contributed by atoms with Crippen molar-refractivity contribution >= 4 is 0 Å². The molecule has 1 N–H and O–H groups in total. The summed E-state index contributed by atoms with van der Waals surface area (Å²) in [6, 6.07) is 9.39. The highest BCUT2D eigenvalue weighted by molar-refractivity contribution is 5.33. The second kappa shape index (κ2) is 9.87. The van der Waals surface area contributed by atoms with Gasteiger partial charge in [-0.1, -0.05) is 24.6 Å². The summed E-state index contributed by atoms with van der Waals surface area (Å²) < 4.78 is 6.20. The average Bonchev–Trinajstić information content (AvgIpc) is 3.26. The van der Waals surface area contributed by atoms with Crippen LogP contribution in [-0.4, -0.2) is 86.3 Å². The topological polar surface area (TPSA) is 31.0 Å². The van der Waals surface area contributed by atoms with Crippen molar-refractivity contribution in [1.29, 1.82) is 0 Å². The van der Waals surface area contributed by atoms with Crippen molar-refractivity contribution < 1.29 is 4.74 Å². The van der Waals surface area contributed by atoms with Crippen molar-refractivity contribution in [3.63, 3.8) is 0 Å². The second-order valence-corrected chi connectivity index (χ2v) is 8.32. The largest absolute Gasteiger partial charge is 0.492 e. The Morgan fingerprint density at radius 2 is 1.74 bits per heavy atom. The summed E-state index contributed by atoms with van der Waals surface area (Å²) in [5.74, 6) is 1.08. The summed E-state index contributed by atoms with van der Waals surface area (Å²) in [7, 11) is 0. The highest BCUT2D eigenvalue weighted by Crippen LogP contribution is 2.21. The van der Waals surface area contributed by atoms with Gasteiger partial charge in [-0.15, -0.1) is 0 Å². The van der Waals surface area contributed by atoms with E-state index in [2.05, 4.69) is 44.3 Å². The maximum Gasteiger partial charge on any atom is 0.123 e. The number of rotatable bonds is 7. The summed E-state index contributed by atoms with van der Waals surface area (Å²) in [5, 5.41) is 3.50. The first-order valence-corrected chi connectivity index (χ1v) is 11.0. The Morgan fingerprint density at radius 1 is 0.926 bits per heavy atom. The van der Waals surface area contributed by atoms with E-state index >= 15 is 0 Å². The van der Waals surface area contributed by atoms with Gasteiger partial charge in [-0.25, -0.2) is 0 Å². The molecule has 0 saturated carbocycles. The summed E-state index contributed by atoms with van der Waals surface area (Å²) in [6.45, 7) is 12.4. The third kappa shape index (κ3) is 5.44. The number of benzene rings is 1. The van der Waals surface area contributed by atoms with E-state index in [-0.39, 0.29) is 0 Å². The third-order valence-electron chi connectivity index (χ3n) is 6.44. The lowest BCUT2D eigenvalue weighted by Gasteiger charge is -2.38. The number of nitrogens with one attached hydrogen (secondary N) is 1. The van der Waals surface area contributed by atoms with Crippen LogP contribution in [0.5, 0.6) is 5.75 Å². The van der Waals surface area contributed by atoms with Gasteiger partial charge in [0, 0.05) is 57.4 Å². The Balaban J connectivity index is 1.24. The molecule has 0 spiro atoms. The molecule has 150 valence electrons. The molecule has 4 rings (SSSR count). The van der Waals surface area contributed by atoms with Crippen LogP contribution in [0.1, 0.15) is 31.2 Å². The number of ether oxygens (including phenoxy) is 1. The molecule has 1 unspecified atom stereocenters. The smallest absolute Gasteiger partial charge is 0.123 e. The van der Waals surface area contributed by atoms with Crippen LogP contribution >= 0.6 is 0 Å². The van der Waals surface area contributed by atoms with Crippen molar-refractivity contribution in [2.45, 2.75) is 38.3 Å². The minimum atomic E-state index is 0.762. The predicted molar refractivity (Wildman–Crippen MR) is 110 cm³/mol. The van der Waals surface area contributed by atoms with E-state index < -0.39 is 0 Å². The van der Waals surface area contributed by atoms with Gasteiger partial charge in [0.2, 0.25) is 0 Å². The van der Waals surface area contributed by atoms with Crippen LogP contribution in [0.2, 0.25) is 0 Å². The first-order chi connectivity index (χ1) is 13.4. The van der Waals surface area contributed by atoms with E-state index in [9.17, 15) is 0 Å². The molecule has 3 fully saturated rings. The Labute approximate surface area is 164 Å². The molecule has 1 aromatic carbocycles. The fourth-order valence-electron chi connectivity index (χ4n) is 4.72. The third-order valence-corrected chi connectivity index (χ3v) is 6.44. The Bertz CT molecular complexity index is 561. The molecule has 0 amide bonds. The SMILES string of the molecule is c1ccc(OCCN2CCCCC2)c(CN2CCN(C3CCNC3)CC2)c1. The molecule has 3 aliphatic heterocycles. The maximum atomic E-state index is 6.20. The van der Waals surface area contributed by atoms with Crippen molar-refractivity contribution in [2.75, 3.05) is 65.5 Å². The quantitative estimate of drug-likeness (QED) is 0.792. The zero-order valence-electron chi connectivity index (χ0n) is 16.7. The number of hydrogen-bond donors (Lipinski definition) is 1. The summed E-state index contributed by atoms with van der Waals surface area (Å²) in [5.41, 5.74) is 1.34. The van der Waals surface area contributed by atoms with E-state index in [0.717, 1.165) is 31.5 Å². The number of nitrogens with zero attached hydrogens (tertiary/aromatic N) is 3. The van der Waals surface area contributed by atoms with E-state index in [4.69, 9.17) is 4.74 Å². The number of piperazine rings is 1. The van der Waals surface area contributed by atoms with Crippen molar-refractivity contribution in [3.05, 3.63) is 29.8 Å². The Kier molecular flexibility index (Phi) is 7.02. The van der Waals surface area contributed by atoms with Crippen LogP contribution in [0, 0.1) is 0 Å². The predicted octanol–water partition coefficient (Wildman–Crippen LogP) is 2.03. The second-order valence-electron chi connectivity index (χ2n) is 8.32. The van der Waals surface area contributed by atoms with E-state index in [1.54, 1.807) is 0 Å². The van der Waals surface area contributed by atoms with Crippen molar-refractivity contribution in [3.8, 4) is 5.75 Å². The van der Waals surface area contributed by atoms with Crippen molar-refractivity contribution in [2.24, 2.45) is 0 Å². The lowest BCUT2D eigenvalue weighted by Crippen LogP contribution is -2.50. The molecular weight excluding hydrogens is 336 g/mol. The summed E-state index contributed by atoms with van der Waals surface area (Å²) in [6.07, 6.45) is 5.40. The standard InChI is InChI=1S/C22H36N4O/c1-4-10-24(11-5-1)16-17-27-22-7-3-2-6-20(22)19-25-12-14-26(15-13-25)21-8-9-23-18-21/h2-3,6-7,21,23H,1,4-5,8-19H2. The van der Waals surface area contributed by atoms with Crippen LogP contribution in [0.4, 0.5) is 0 Å². The van der Waals surface area contributed by atoms with Crippen LogP contribution in [-0.2, 0) is 6.54 Å². The Morgan fingerprint density at radius 3 is 2.52 bits per heavy atom. The molecule has 1 aromatic rings. The molecule has 0 bridgehead atoms. The monoisotopic (exact) mass is 372 g/mol. The van der Waals surface area contributed by atoms with E-state index in [0.29, 0.717) is 0 Å². The average molecular weight is 373 g/mol. The normalized spacial score (nSPS) is 25.7. The maximum absolute atomic E-state index is 6.20. The molecule has 3 saturated heterocycles. The van der Waals surface area contributed by atoms with Gasteiger partial charge < -0.3 is 10.1 Å². The Hall–Kier alpha value is -1.14. The summed E-state index contributed by atoms with van der Waals surface area (Å²) >= 11 is 0. The summed E-state index contributed by atoms with van der Waals surface area (Å²) in [4.78, 5) is 7.81. The zero-order chi connectivity index (χ0) is 18.3. The molecule has 5 heteroatoms. The number of likely N-dealkylation sites (tertiary alicyclic amines) is 1. The molecule has 0 radical (unpaired) electrons. The van der Waals surface area contributed by atoms with Crippen LogP contribution in [0.25, 0.3) is 0 Å². The van der Waals surface area contributed by atoms with Crippen LogP contribution in [0.15, 0.2) is 24.3 Å².